The first-order valence-electron chi connectivity index (χ1n) is 6.46. The monoisotopic (exact) mass is 254 g/mol. The quantitative estimate of drug-likeness (QED) is 0.705. The topological polar surface area (TPSA) is 58.3 Å². The summed E-state index contributed by atoms with van der Waals surface area (Å²) in [5, 5.41) is 14.5. The van der Waals surface area contributed by atoms with Crippen LogP contribution in [0.2, 0.25) is 0 Å². The Morgan fingerprint density at radius 1 is 1.35 bits per heavy atom. The van der Waals surface area contributed by atoms with Crippen molar-refractivity contribution in [1.29, 1.82) is 0 Å². The van der Waals surface area contributed by atoms with E-state index in [4.69, 9.17) is 5.73 Å². The second-order valence-corrected chi connectivity index (χ2v) is 6.00. The van der Waals surface area contributed by atoms with Crippen LogP contribution in [0.5, 0.6) is 5.75 Å². The summed E-state index contributed by atoms with van der Waals surface area (Å²) >= 11 is 1.63. The Balaban J connectivity index is 1.57. The largest absolute Gasteiger partial charge is 0.507 e. The summed E-state index contributed by atoms with van der Waals surface area (Å²) in [6.07, 6.45) is 5.93. The molecule has 0 saturated heterocycles. The Bertz CT molecular complexity index is 332. The third-order valence-corrected chi connectivity index (χ3v) is 4.50. The van der Waals surface area contributed by atoms with Crippen molar-refractivity contribution in [1.82, 2.24) is 5.32 Å². The Kier molecular flexibility index (Phi) is 4.83. The average molecular weight is 254 g/mol. The van der Waals surface area contributed by atoms with E-state index in [9.17, 15) is 5.11 Å². The molecule has 0 amide bonds. The van der Waals surface area contributed by atoms with Crippen molar-refractivity contribution in [2.75, 3.05) is 13.1 Å². The maximum Gasteiger partial charge on any atom is 0.126 e. The molecule has 4 heteroatoms. The molecule has 0 aliphatic heterocycles. The minimum Gasteiger partial charge on any atom is -0.507 e. The van der Waals surface area contributed by atoms with E-state index in [1.165, 1.54) is 30.6 Å². The standard InChI is InChI=1S/C13H22N2OS/c14-11-3-1-10(2-4-11)8-15-6-5-13-7-12(16)9-17-13/h7,9-11,15-16H,1-6,8,14H2. The van der Waals surface area contributed by atoms with Crippen LogP contribution in [-0.2, 0) is 6.42 Å². The number of hydrogen-bond acceptors (Lipinski definition) is 4. The van der Waals surface area contributed by atoms with E-state index in [-0.39, 0.29) is 0 Å². The zero-order valence-corrected chi connectivity index (χ0v) is 11.0. The Labute approximate surface area is 107 Å². The zero-order chi connectivity index (χ0) is 12.1. The molecule has 0 bridgehead atoms. The molecule has 2 rings (SSSR count). The van der Waals surface area contributed by atoms with E-state index in [1.807, 2.05) is 6.07 Å². The lowest BCUT2D eigenvalue weighted by Gasteiger charge is -2.26. The molecule has 4 N–H and O–H groups in total. The molecule has 0 unspecified atom stereocenters. The van der Waals surface area contributed by atoms with E-state index < -0.39 is 0 Å². The van der Waals surface area contributed by atoms with Crippen molar-refractivity contribution in [3.63, 3.8) is 0 Å². The molecule has 17 heavy (non-hydrogen) atoms. The normalized spacial score (nSPS) is 25.0. The van der Waals surface area contributed by atoms with E-state index in [0.29, 0.717) is 11.8 Å². The van der Waals surface area contributed by atoms with Crippen LogP contribution in [0.3, 0.4) is 0 Å². The third-order valence-electron chi connectivity index (χ3n) is 3.51. The minimum absolute atomic E-state index is 0.395. The van der Waals surface area contributed by atoms with Gasteiger partial charge < -0.3 is 16.2 Å². The highest BCUT2D eigenvalue weighted by atomic mass is 32.1. The fourth-order valence-corrected chi connectivity index (χ4v) is 3.16. The van der Waals surface area contributed by atoms with Gasteiger partial charge in [0.05, 0.1) is 0 Å². The second-order valence-electron chi connectivity index (χ2n) is 5.01. The molecule has 3 nitrogen and oxygen atoms in total. The van der Waals surface area contributed by atoms with Crippen LogP contribution in [0.15, 0.2) is 11.4 Å². The molecular formula is C13H22N2OS. The highest BCUT2D eigenvalue weighted by Gasteiger charge is 2.17. The first kappa shape index (κ1) is 12.9. The van der Waals surface area contributed by atoms with Crippen LogP contribution in [0.1, 0.15) is 30.6 Å². The fraction of sp³-hybridized carbons (Fsp3) is 0.692. The van der Waals surface area contributed by atoms with Gasteiger partial charge in [-0.2, -0.15) is 0 Å². The van der Waals surface area contributed by atoms with Gasteiger partial charge in [0.1, 0.15) is 5.75 Å². The molecule has 1 aromatic rings. The molecular weight excluding hydrogens is 232 g/mol. The van der Waals surface area contributed by atoms with Gasteiger partial charge in [0.25, 0.3) is 0 Å². The molecule has 0 spiro atoms. The number of thiophene rings is 1. The summed E-state index contributed by atoms with van der Waals surface area (Å²) in [4.78, 5) is 1.25. The minimum atomic E-state index is 0.395. The first-order valence-corrected chi connectivity index (χ1v) is 7.34. The number of hydrogen-bond donors (Lipinski definition) is 3. The smallest absolute Gasteiger partial charge is 0.126 e. The summed E-state index contributed by atoms with van der Waals surface area (Å²) in [6.45, 7) is 2.12. The van der Waals surface area contributed by atoms with Gasteiger partial charge in [-0.05, 0) is 57.2 Å². The number of nitrogens with one attached hydrogen (secondary N) is 1. The van der Waals surface area contributed by atoms with E-state index >= 15 is 0 Å². The first-order chi connectivity index (χ1) is 8.24. The van der Waals surface area contributed by atoms with Gasteiger partial charge in [-0.25, -0.2) is 0 Å². The Morgan fingerprint density at radius 3 is 2.76 bits per heavy atom. The highest BCUT2D eigenvalue weighted by Crippen LogP contribution is 2.22. The molecule has 0 atom stereocenters. The summed E-state index contributed by atoms with van der Waals surface area (Å²) in [5.74, 6) is 1.21. The van der Waals surface area contributed by atoms with E-state index in [0.717, 1.165) is 25.4 Å². The lowest BCUT2D eigenvalue weighted by Crippen LogP contribution is -2.32. The van der Waals surface area contributed by atoms with E-state index in [2.05, 4.69) is 5.32 Å². The van der Waals surface area contributed by atoms with Gasteiger partial charge >= 0.3 is 0 Å². The second kappa shape index (κ2) is 6.38. The molecule has 1 aromatic heterocycles. The van der Waals surface area contributed by atoms with Gasteiger partial charge in [0.2, 0.25) is 0 Å². The van der Waals surface area contributed by atoms with Crippen molar-refractivity contribution in [2.24, 2.45) is 11.7 Å². The Hall–Kier alpha value is -0.580. The molecule has 0 aromatic carbocycles. The molecule has 1 saturated carbocycles. The van der Waals surface area contributed by atoms with Crippen molar-refractivity contribution in [2.45, 2.75) is 38.1 Å². The Morgan fingerprint density at radius 2 is 2.12 bits per heavy atom. The lowest BCUT2D eigenvalue weighted by molar-refractivity contribution is 0.315. The highest BCUT2D eigenvalue weighted by molar-refractivity contribution is 7.10. The molecule has 1 fully saturated rings. The van der Waals surface area contributed by atoms with Gasteiger partial charge in [0.15, 0.2) is 0 Å². The van der Waals surface area contributed by atoms with Crippen LogP contribution >= 0.6 is 11.3 Å². The van der Waals surface area contributed by atoms with Crippen molar-refractivity contribution in [3.8, 4) is 5.75 Å². The predicted octanol–water partition coefficient (Wildman–Crippen LogP) is 2.10. The van der Waals surface area contributed by atoms with Crippen LogP contribution in [0.25, 0.3) is 0 Å². The summed E-state index contributed by atoms with van der Waals surface area (Å²) in [5.41, 5.74) is 5.89. The number of rotatable bonds is 5. The van der Waals surface area contributed by atoms with Crippen LogP contribution in [0.4, 0.5) is 0 Å². The van der Waals surface area contributed by atoms with Crippen LogP contribution < -0.4 is 11.1 Å². The van der Waals surface area contributed by atoms with Gasteiger partial charge in [0, 0.05) is 16.3 Å². The molecule has 1 aliphatic rings. The third kappa shape index (κ3) is 4.30. The molecule has 1 aliphatic carbocycles. The number of nitrogens with two attached hydrogens (primary N) is 1. The van der Waals surface area contributed by atoms with Crippen molar-refractivity contribution >= 4 is 11.3 Å². The zero-order valence-electron chi connectivity index (χ0n) is 10.2. The van der Waals surface area contributed by atoms with Crippen LogP contribution in [-0.4, -0.2) is 24.2 Å². The van der Waals surface area contributed by atoms with E-state index in [1.54, 1.807) is 16.7 Å². The summed E-state index contributed by atoms with van der Waals surface area (Å²) in [6, 6.07) is 2.30. The average Bonchev–Trinajstić information content (AvgIpc) is 2.73. The molecule has 0 radical (unpaired) electrons. The predicted molar refractivity (Wildman–Crippen MR) is 72.5 cm³/mol. The number of aromatic hydroxyl groups is 1. The maximum absolute atomic E-state index is 9.22. The van der Waals surface area contributed by atoms with Gasteiger partial charge in [-0.3, -0.25) is 0 Å². The summed E-state index contributed by atoms with van der Waals surface area (Å²) in [7, 11) is 0. The van der Waals surface area contributed by atoms with Crippen LogP contribution in [0, 0.1) is 5.92 Å². The van der Waals surface area contributed by atoms with Crippen molar-refractivity contribution < 1.29 is 5.11 Å². The fourth-order valence-electron chi connectivity index (χ4n) is 2.41. The molecule has 1 heterocycles. The van der Waals surface area contributed by atoms with Gasteiger partial charge in [-0.1, -0.05) is 0 Å². The maximum atomic E-state index is 9.22. The summed E-state index contributed by atoms with van der Waals surface area (Å²) < 4.78 is 0. The van der Waals surface area contributed by atoms with Gasteiger partial charge in [-0.15, -0.1) is 11.3 Å². The van der Waals surface area contributed by atoms with Crippen molar-refractivity contribution in [3.05, 3.63) is 16.3 Å². The SMILES string of the molecule is NC1CCC(CNCCc2cc(O)cs2)CC1. The lowest BCUT2D eigenvalue weighted by atomic mass is 9.86. The molecule has 96 valence electrons.